The third-order valence-corrected chi connectivity index (χ3v) is 5.92. The largest absolute Gasteiger partial charge is 0.207 e. The molecule has 0 saturated carbocycles. The molecule has 0 N–H and O–H groups in total. The van der Waals surface area contributed by atoms with E-state index >= 15 is 0 Å². The van der Waals surface area contributed by atoms with Gasteiger partial charge in [0, 0.05) is 17.0 Å². The Morgan fingerprint density at radius 2 is 2.00 bits per heavy atom. The van der Waals surface area contributed by atoms with Crippen LogP contribution in [-0.2, 0) is 10.9 Å². The summed E-state index contributed by atoms with van der Waals surface area (Å²) >= 11 is 1.73. The van der Waals surface area contributed by atoms with E-state index < -0.39 is 0 Å². The van der Waals surface area contributed by atoms with Crippen LogP contribution in [0.4, 0.5) is 4.39 Å². The van der Waals surface area contributed by atoms with Crippen LogP contribution >= 0.6 is 11.8 Å². The summed E-state index contributed by atoms with van der Waals surface area (Å²) in [6.45, 7) is 0. The van der Waals surface area contributed by atoms with Crippen molar-refractivity contribution in [2.24, 2.45) is 0 Å². The van der Waals surface area contributed by atoms with Crippen LogP contribution in [0.1, 0.15) is 12.8 Å². The summed E-state index contributed by atoms with van der Waals surface area (Å²) in [5.74, 6) is 2.44. The van der Waals surface area contributed by atoms with E-state index in [2.05, 4.69) is 6.26 Å². The molecule has 0 aliphatic carbocycles. The highest BCUT2D eigenvalue weighted by molar-refractivity contribution is 8.01. The molecule has 2 rings (SSSR count). The fourth-order valence-electron chi connectivity index (χ4n) is 1.75. The summed E-state index contributed by atoms with van der Waals surface area (Å²) in [6, 6.07) is 5.22. The zero-order valence-electron chi connectivity index (χ0n) is 8.25. The van der Waals surface area contributed by atoms with Crippen molar-refractivity contribution in [2.45, 2.75) is 22.6 Å². The molecule has 1 fully saturated rings. The minimum atomic E-state index is -0.0859. The molecule has 1 aromatic rings. The third kappa shape index (κ3) is 2.09. The van der Waals surface area contributed by atoms with E-state index in [4.69, 9.17) is 0 Å². The van der Waals surface area contributed by atoms with Crippen LogP contribution < -0.4 is 0 Å². The number of hydrogen-bond acceptors (Lipinski definition) is 1. The van der Waals surface area contributed by atoms with E-state index in [1.54, 1.807) is 23.9 Å². The first kappa shape index (κ1) is 10.4. The minimum Gasteiger partial charge on any atom is -0.207 e. The van der Waals surface area contributed by atoms with Crippen LogP contribution in [0.15, 0.2) is 28.0 Å². The fraction of sp³-hybridized carbons (Fsp3) is 0.455. The zero-order chi connectivity index (χ0) is 9.97. The Balaban J connectivity index is 2.33. The van der Waals surface area contributed by atoms with Gasteiger partial charge in [-0.3, -0.25) is 0 Å². The molecule has 3 heteroatoms. The standard InChI is InChI=1S/C11H14FS2/c1-13-10-5-4-9(12)8-11(10)14-6-2-3-7-14/h4-5,8H,2-3,6-7H2,1H3/q+1. The highest BCUT2D eigenvalue weighted by Crippen LogP contribution is 2.31. The van der Waals surface area contributed by atoms with Crippen molar-refractivity contribution in [2.75, 3.05) is 17.8 Å². The first-order valence-corrected chi connectivity index (χ1v) is 7.61. The number of halogens is 1. The average molecular weight is 229 g/mol. The number of benzene rings is 1. The number of thioether (sulfide) groups is 1. The molecule has 1 aromatic carbocycles. The summed E-state index contributed by atoms with van der Waals surface area (Å²) in [5.41, 5.74) is 0. The zero-order valence-corrected chi connectivity index (χ0v) is 9.89. The van der Waals surface area contributed by atoms with Gasteiger partial charge in [0.15, 0.2) is 4.90 Å². The van der Waals surface area contributed by atoms with Crippen LogP contribution in [0, 0.1) is 5.82 Å². The van der Waals surface area contributed by atoms with Crippen molar-refractivity contribution in [3.05, 3.63) is 24.0 Å². The van der Waals surface area contributed by atoms with Crippen molar-refractivity contribution >= 4 is 22.7 Å². The van der Waals surface area contributed by atoms with Crippen LogP contribution in [0.5, 0.6) is 0 Å². The lowest BCUT2D eigenvalue weighted by atomic mass is 10.3. The lowest BCUT2D eigenvalue weighted by Gasteiger charge is -2.05. The van der Waals surface area contributed by atoms with Crippen molar-refractivity contribution in [1.82, 2.24) is 0 Å². The van der Waals surface area contributed by atoms with Crippen molar-refractivity contribution in [1.29, 1.82) is 0 Å². The van der Waals surface area contributed by atoms with E-state index in [0.717, 1.165) is 0 Å². The Hall–Kier alpha value is -0.150. The SMILES string of the molecule is CSc1ccc(F)cc1[S+]1CCCC1. The summed E-state index contributed by atoms with van der Waals surface area (Å²) in [6.07, 6.45) is 4.69. The van der Waals surface area contributed by atoms with E-state index in [1.165, 1.54) is 34.1 Å². The highest BCUT2D eigenvalue weighted by Gasteiger charge is 2.29. The van der Waals surface area contributed by atoms with Gasteiger partial charge >= 0.3 is 0 Å². The second-order valence-electron chi connectivity index (χ2n) is 3.40. The van der Waals surface area contributed by atoms with Crippen molar-refractivity contribution in [3.63, 3.8) is 0 Å². The lowest BCUT2D eigenvalue weighted by molar-refractivity contribution is 0.621. The van der Waals surface area contributed by atoms with E-state index in [9.17, 15) is 4.39 Å². The van der Waals surface area contributed by atoms with Gasteiger partial charge in [-0.25, -0.2) is 4.39 Å². The predicted molar refractivity (Wildman–Crippen MR) is 62.8 cm³/mol. The summed E-state index contributed by atoms with van der Waals surface area (Å²) in [5, 5.41) is 0. The number of hydrogen-bond donors (Lipinski definition) is 0. The van der Waals surface area contributed by atoms with Gasteiger partial charge in [0.25, 0.3) is 0 Å². The van der Waals surface area contributed by atoms with Crippen LogP contribution in [0.3, 0.4) is 0 Å². The molecule has 0 atom stereocenters. The summed E-state index contributed by atoms with van der Waals surface area (Å²) < 4.78 is 13.1. The van der Waals surface area contributed by atoms with Crippen LogP contribution in [0.2, 0.25) is 0 Å². The van der Waals surface area contributed by atoms with Crippen LogP contribution in [0.25, 0.3) is 0 Å². The number of rotatable bonds is 2. The lowest BCUT2D eigenvalue weighted by Crippen LogP contribution is -2.05. The van der Waals surface area contributed by atoms with Gasteiger partial charge < -0.3 is 0 Å². The summed E-state index contributed by atoms with van der Waals surface area (Å²) in [7, 11) is 0.327. The molecule has 1 heterocycles. The van der Waals surface area contributed by atoms with Gasteiger partial charge in [-0.15, -0.1) is 11.8 Å². The Labute approximate surface area is 91.6 Å². The topological polar surface area (TPSA) is 0 Å². The highest BCUT2D eigenvalue weighted by atomic mass is 32.2. The van der Waals surface area contributed by atoms with Crippen LogP contribution in [-0.4, -0.2) is 17.8 Å². The van der Waals surface area contributed by atoms with E-state index in [-0.39, 0.29) is 5.82 Å². The fourth-order valence-corrected chi connectivity index (χ4v) is 5.20. The smallest absolute Gasteiger partial charge is 0.171 e. The first-order chi connectivity index (χ1) is 6.81. The Bertz CT molecular complexity index is 319. The van der Waals surface area contributed by atoms with Gasteiger partial charge in [-0.05, 0) is 31.2 Å². The molecule has 14 heavy (non-hydrogen) atoms. The van der Waals surface area contributed by atoms with E-state index in [1.807, 2.05) is 6.07 Å². The predicted octanol–water partition coefficient (Wildman–Crippen LogP) is 3.32. The molecule has 0 unspecified atom stereocenters. The molecule has 1 saturated heterocycles. The maximum Gasteiger partial charge on any atom is 0.171 e. The molecule has 0 nitrogen and oxygen atoms in total. The molecule has 0 spiro atoms. The molecule has 0 aromatic heterocycles. The van der Waals surface area contributed by atoms with Gasteiger partial charge in [0.2, 0.25) is 0 Å². The van der Waals surface area contributed by atoms with Gasteiger partial charge in [-0.2, -0.15) is 0 Å². The minimum absolute atomic E-state index is 0.0859. The van der Waals surface area contributed by atoms with E-state index in [0.29, 0.717) is 10.9 Å². The molecule has 1 aliphatic heterocycles. The van der Waals surface area contributed by atoms with Crippen molar-refractivity contribution < 1.29 is 4.39 Å². The molecule has 0 radical (unpaired) electrons. The molecule has 0 bridgehead atoms. The maximum absolute atomic E-state index is 13.1. The second-order valence-corrected chi connectivity index (χ2v) is 6.49. The monoisotopic (exact) mass is 229 g/mol. The Morgan fingerprint density at radius 1 is 1.29 bits per heavy atom. The Kier molecular flexibility index (Phi) is 3.39. The molecule has 1 aliphatic rings. The van der Waals surface area contributed by atoms with Crippen molar-refractivity contribution in [3.8, 4) is 0 Å². The normalized spacial score (nSPS) is 17.6. The first-order valence-electron chi connectivity index (χ1n) is 4.82. The maximum atomic E-state index is 13.1. The van der Waals surface area contributed by atoms with Gasteiger partial charge in [0.1, 0.15) is 17.3 Å². The second kappa shape index (κ2) is 4.58. The molecule has 76 valence electrons. The third-order valence-electron chi connectivity index (χ3n) is 2.47. The summed E-state index contributed by atoms with van der Waals surface area (Å²) in [4.78, 5) is 2.52. The van der Waals surface area contributed by atoms with Gasteiger partial charge in [-0.1, -0.05) is 0 Å². The molecular weight excluding hydrogens is 215 g/mol. The molecule has 0 amide bonds. The quantitative estimate of drug-likeness (QED) is 0.554. The van der Waals surface area contributed by atoms with Gasteiger partial charge in [0.05, 0.1) is 4.90 Å². The Morgan fingerprint density at radius 3 is 2.64 bits per heavy atom. The average Bonchev–Trinajstić information content (AvgIpc) is 2.70. The molecular formula is C11H14FS2+.